The summed E-state index contributed by atoms with van der Waals surface area (Å²) in [4.78, 5) is 29.7. The van der Waals surface area contributed by atoms with Gasteiger partial charge in [0.15, 0.2) is 0 Å². The van der Waals surface area contributed by atoms with Crippen LogP contribution in [0.2, 0.25) is 0 Å². The zero-order valence-corrected chi connectivity index (χ0v) is 19.1. The molecule has 174 valence electrons. The Morgan fingerprint density at radius 3 is 2.42 bits per heavy atom. The number of ether oxygens (including phenoxy) is 1. The molecule has 0 aliphatic heterocycles. The maximum atomic E-state index is 12.9. The van der Waals surface area contributed by atoms with Gasteiger partial charge in [-0.05, 0) is 44.0 Å². The van der Waals surface area contributed by atoms with Crippen molar-refractivity contribution >= 4 is 12.0 Å². The van der Waals surface area contributed by atoms with Crippen LogP contribution in [0.25, 0.3) is 0 Å². The number of rotatable bonds is 8. The van der Waals surface area contributed by atoms with Crippen molar-refractivity contribution in [2.75, 3.05) is 0 Å². The molecular weight excluding hydrogens is 420 g/mol. The van der Waals surface area contributed by atoms with Crippen molar-refractivity contribution in [1.82, 2.24) is 20.2 Å². The molecule has 1 atom stereocenters. The second kappa shape index (κ2) is 10.7. The average Bonchev–Trinajstić information content (AvgIpc) is 3.19. The Morgan fingerprint density at radius 1 is 1.06 bits per heavy atom. The number of aromatic hydroxyl groups is 1. The molecule has 0 aliphatic carbocycles. The van der Waals surface area contributed by atoms with E-state index >= 15 is 0 Å². The average molecular weight is 451 g/mol. The summed E-state index contributed by atoms with van der Waals surface area (Å²) in [7, 11) is 0. The van der Waals surface area contributed by atoms with Crippen LogP contribution in [0.4, 0.5) is 4.79 Å². The molecule has 2 amide bonds. The van der Waals surface area contributed by atoms with E-state index in [1.54, 1.807) is 51.4 Å². The lowest BCUT2D eigenvalue weighted by molar-refractivity contribution is -0.123. The van der Waals surface area contributed by atoms with E-state index in [0.717, 1.165) is 11.1 Å². The first kappa shape index (κ1) is 23.8. The monoisotopic (exact) mass is 450 g/mol. The maximum absolute atomic E-state index is 12.9. The van der Waals surface area contributed by atoms with E-state index in [1.165, 1.54) is 0 Å². The van der Waals surface area contributed by atoms with Gasteiger partial charge < -0.3 is 25.0 Å². The van der Waals surface area contributed by atoms with E-state index in [2.05, 4.69) is 15.6 Å². The normalized spacial score (nSPS) is 12.1. The molecular formula is C25H30N4O4. The molecule has 1 unspecified atom stereocenters. The topological polar surface area (TPSA) is 105 Å². The Labute approximate surface area is 193 Å². The number of phenols is 1. The van der Waals surface area contributed by atoms with Gasteiger partial charge in [-0.2, -0.15) is 0 Å². The third-order valence-electron chi connectivity index (χ3n) is 4.72. The number of hydrogen-bond donors (Lipinski definition) is 3. The lowest BCUT2D eigenvalue weighted by atomic mass is 10.1. The number of amides is 2. The fourth-order valence-corrected chi connectivity index (χ4v) is 3.19. The summed E-state index contributed by atoms with van der Waals surface area (Å²) in [6, 6.07) is 15.7. The molecule has 0 saturated carbocycles. The van der Waals surface area contributed by atoms with Crippen molar-refractivity contribution in [3.63, 3.8) is 0 Å². The SMILES string of the molecule is CC(C)(C)OC(=O)NC(Cc1cn(Cc2ccccc2)cn1)C(=O)NCc1ccc(O)cc1. The van der Waals surface area contributed by atoms with Gasteiger partial charge in [0.1, 0.15) is 17.4 Å². The molecule has 3 aromatic rings. The Hall–Kier alpha value is -3.81. The molecule has 0 fully saturated rings. The predicted molar refractivity (Wildman–Crippen MR) is 125 cm³/mol. The number of aromatic nitrogens is 2. The van der Waals surface area contributed by atoms with Gasteiger partial charge in [-0.3, -0.25) is 4.79 Å². The third-order valence-corrected chi connectivity index (χ3v) is 4.72. The number of carbonyl (C=O) groups excluding carboxylic acids is 2. The molecule has 3 N–H and O–H groups in total. The number of carbonyl (C=O) groups is 2. The van der Waals surface area contributed by atoms with Crippen molar-refractivity contribution < 1.29 is 19.4 Å². The molecule has 0 bridgehead atoms. The largest absolute Gasteiger partial charge is 0.508 e. The fourth-order valence-electron chi connectivity index (χ4n) is 3.19. The minimum absolute atomic E-state index is 0.153. The second-order valence-corrected chi connectivity index (χ2v) is 8.81. The first-order valence-corrected chi connectivity index (χ1v) is 10.8. The summed E-state index contributed by atoms with van der Waals surface area (Å²) < 4.78 is 7.27. The minimum atomic E-state index is -0.864. The number of nitrogens with zero attached hydrogens (tertiary/aromatic N) is 2. The highest BCUT2D eigenvalue weighted by Crippen LogP contribution is 2.11. The van der Waals surface area contributed by atoms with Crippen molar-refractivity contribution in [2.24, 2.45) is 0 Å². The van der Waals surface area contributed by atoms with Crippen LogP contribution in [0.15, 0.2) is 67.1 Å². The number of imidazole rings is 1. The summed E-state index contributed by atoms with van der Waals surface area (Å²) >= 11 is 0. The molecule has 1 heterocycles. The fraction of sp³-hybridized carbons (Fsp3) is 0.320. The number of nitrogens with one attached hydrogen (secondary N) is 2. The molecule has 8 nitrogen and oxygen atoms in total. The first-order chi connectivity index (χ1) is 15.7. The van der Waals surface area contributed by atoms with Gasteiger partial charge in [0.05, 0.1) is 12.0 Å². The third kappa shape index (κ3) is 7.99. The van der Waals surface area contributed by atoms with Gasteiger partial charge in [0.25, 0.3) is 0 Å². The summed E-state index contributed by atoms with van der Waals surface area (Å²) in [6.45, 7) is 6.20. The van der Waals surface area contributed by atoms with Gasteiger partial charge in [0.2, 0.25) is 5.91 Å². The zero-order valence-electron chi connectivity index (χ0n) is 19.1. The van der Waals surface area contributed by atoms with Crippen LogP contribution in [-0.4, -0.2) is 38.3 Å². The summed E-state index contributed by atoms with van der Waals surface area (Å²) in [5.74, 6) is -0.202. The van der Waals surface area contributed by atoms with Gasteiger partial charge in [0, 0.05) is 25.7 Å². The lowest BCUT2D eigenvalue weighted by Gasteiger charge is -2.23. The van der Waals surface area contributed by atoms with Crippen molar-refractivity contribution in [1.29, 1.82) is 0 Å². The van der Waals surface area contributed by atoms with E-state index in [-0.39, 0.29) is 24.6 Å². The molecule has 2 aromatic carbocycles. The van der Waals surface area contributed by atoms with Crippen molar-refractivity contribution in [3.8, 4) is 5.75 Å². The maximum Gasteiger partial charge on any atom is 0.408 e. The van der Waals surface area contributed by atoms with Gasteiger partial charge in [-0.1, -0.05) is 42.5 Å². The van der Waals surface area contributed by atoms with Crippen LogP contribution >= 0.6 is 0 Å². The Bertz CT molecular complexity index is 1060. The smallest absolute Gasteiger partial charge is 0.408 e. The Balaban J connectivity index is 1.67. The van der Waals surface area contributed by atoms with Crippen LogP contribution in [0.3, 0.4) is 0 Å². The van der Waals surface area contributed by atoms with Crippen LogP contribution in [-0.2, 0) is 29.0 Å². The van der Waals surface area contributed by atoms with Gasteiger partial charge >= 0.3 is 6.09 Å². The Kier molecular flexibility index (Phi) is 7.71. The molecule has 8 heteroatoms. The van der Waals surface area contributed by atoms with Crippen LogP contribution in [0.1, 0.15) is 37.6 Å². The van der Waals surface area contributed by atoms with E-state index in [1.807, 2.05) is 41.1 Å². The quantitative estimate of drug-likeness (QED) is 0.488. The second-order valence-electron chi connectivity index (χ2n) is 8.81. The van der Waals surface area contributed by atoms with E-state index < -0.39 is 17.7 Å². The summed E-state index contributed by atoms with van der Waals surface area (Å²) in [5, 5.41) is 14.9. The molecule has 0 radical (unpaired) electrons. The predicted octanol–water partition coefficient (Wildman–Crippen LogP) is 3.39. The number of benzene rings is 2. The van der Waals surface area contributed by atoms with E-state index in [0.29, 0.717) is 12.2 Å². The summed E-state index contributed by atoms with van der Waals surface area (Å²) in [5.41, 5.74) is 1.95. The minimum Gasteiger partial charge on any atom is -0.508 e. The standard InChI is InChI=1S/C25H30N4O4/c1-25(2,3)33-24(32)28-22(23(31)26-14-18-9-11-21(30)12-10-18)13-20-16-29(17-27-20)15-19-7-5-4-6-8-19/h4-12,16-17,22,30H,13-15H2,1-3H3,(H,26,31)(H,28,32). The zero-order chi connectivity index (χ0) is 23.8. The Morgan fingerprint density at radius 2 is 1.76 bits per heavy atom. The highest BCUT2D eigenvalue weighted by molar-refractivity contribution is 5.85. The lowest BCUT2D eigenvalue weighted by Crippen LogP contribution is -2.49. The van der Waals surface area contributed by atoms with Crippen molar-refractivity contribution in [3.05, 3.63) is 83.9 Å². The van der Waals surface area contributed by atoms with Gasteiger partial charge in [-0.15, -0.1) is 0 Å². The van der Waals surface area contributed by atoms with Crippen LogP contribution in [0, 0.1) is 0 Å². The molecule has 0 spiro atoms. The number of alkyl carbamates (subject to hydrolysis) is 1. The van der Waals surface area contributed by atoms with Gasteiger partial charge in [-0.25, -0.2) is 9.78 Å². The number of phenolic OH excluding ortho intramolecular Hbond substituents is 1. The summed E-state index contributed by atoms with van der Waals surface area (Å²) in [6.07, 6.45) is 3.12. The number of hydrogen-bond acceptors (Lipinski definition) is 5. The molecule has 0 aliphatic rings. The molecule has 3 rings (SSSR count). The van der Waals surface area contributed by atoms with E-state index in [9.17, 15) is 14.7 Å². The first-order valence-electron chi connectivity index (χ1n) is 10.8. The molecule has 33 heavy (non-hydrogen) atoms. The van der Waals surface area contributed by atoms with Crippen molar-refractivity contribution in [2.45, 2.75) is 51.9 Å². The molecule has 0 saturated heterocycles. The highest BCUT2D eigenvalue weighted by Gasteiger charge is 2.25. The highest BCUT2D eigenvalue weighted by atomic mass is 16.6. The van der Waals surface area contributed by atoms with Crippen LogP contribution < -0.4 is 10.6 Å². The molecule has 1 aromatic heterocycles. The van der Waals surface area contributed by atoms with E-state index in [4.69, 9.17) is 4.74 Å². The van der Waals surface area contributed by atoms with Crippen LogP contribution in [0.5, 0.6) is 5.75 Å².